The molecule has 0 aliphatic carbocycles. The van der Waals surface area contributed by atoms with E-state index in [1.807, 2.05) is 33.8 Å². The molecule has 0 spiro atoms. The molecule has 0 saturated carbocycles. The number of benzene rings is 2. The first-order valence-electron chi connectivity index (χ1n) is 19.5. The number of hydrogen-bond acceptors (Lipinski definition) is 9. The number of nitrogens with one attached hydrogen (secondary N) is 6. The topological polar surface area (TPSA) is 241 Å². The molecule has 3 unspecified atom stereocenters. The Balaban J connectivity index is 1.79. The van der Waals surface area contributed by atoms with Gasteiger partial charge >= 0.3 is 12.1 Å². The number of nitrogens with zero attached hydrogens (tertiary/aromatic N) is 1. The second-order valence-corrected chi connectivity index (χ2v) is 16.2. The summed E-state index contributed by atoms with van der Waals surface area (Å²) in [6, 6.07) is 11.4. The third-order valence-corrected chi connectivity index (χ3v) is 8.84. The molecule has 0 radical (unpaired) electrons. The van der Waals surface area contributed by atoms with Crippen LogP contribution in [0.2, 0.25) is 0 Å². The van der Waals surface area contributed by atoms with Gasteiger partial charge in [0.15, 0.2) is 6.04 Å². The van der Waals surface area contributed by atoms with Crippen molar-refractivity contribution in [2.75, 3.05) is 0 Å². The van der Waals surface area contributed by atoms with Crippen molar-refractivity contribution in [1.82, 2.24) is 36.6 Å². The summed E-state index contributed by atoms with van der Waals surface area (Å²) in [4.78, 5) is 86.6. The van der Waals surface area contributed by atoms with Crippen molar-refractivity contribution in [3.8, 4) is 0 Å². The molecule has 0 fully saturated rings. The Morgan fingerprint density at radius 2 is 1.29 bits per heavy atom. The van der Waals surface area contributed by atoms with Crippen LogP contribution in [0.25, 0.3) is 0 Å². The highest BCUT2D eigenvalue weighted by atomic mass is 16.6. The summed E-state index contributed by atoms with van der Waals surface area (Å²) >= 11 is 0. The quantitative estimate of drug-likeness (QED) is 0.0781. The molecule has 0 aliphatic rings. The Morgan fingerprint density at radius 1 is 0.724 bits per heavy atom. The molecular weight excluding hydrogens is 747 g/mol. The number of aliphatic carboxylic acids is 1. The number of ether oxygens (including phenoxy) is 1. The van der Waals surface area contributed by atoms with E-state index in [1.54, 1.807) is 75.4 Å². The number of aromatic amines is 1. The lowest BCUT2D eigenvalue weighted by atomic mass is 9.95. The van der Waals surface area contributed by atoms with Crippen LogP contribution in [0.15, 0.2) is 73.2 Å². The van der Waals surface area contributed by atoms with Crippen molar-refractivity contribution in [3.63, 3.8) is 0 Å². The molecule has 316 valence electrons. The number of H-pyrrole nitrogens is 1. The molecule has 2 aromatic carbocycles. The van der Waals surface area contributed by atoms with Gasteiger partial charge in [-0.1, -0.05) is 88.4 Å². The number of carboxylic acid groups (broad SMARTS) is 1. The molecule has 3 aromatic rings. The van der Waals surface area contributed by atoms with E-state index in [-0.39, 0.29) is 37.5 Å². The minimum Gasteiger partial charge on any atom is -0.479 e. The molecule has 3 rings (SSSR count). The average molecular weight is 806 g/mol. The predicted molar refractivity (Wildman–Crippen MR) is 216 cm³/mol. The molecule has 6 atom stereocenters. The van der Waals surface area contributed by atoms with E-state index >= 15 is 0 Å². The SMILES string of the molecule is CC(C)CC(NC(=O)[C@H](Cc1cnc[nH]1)NC(=O)[C@H](Cc1ccccc1)NC(=O)OC(C)(C)C)C(O)CC(=O)N[C@@H](CC(C)C)C(=O)NC(C(=O)O)c1ccccc1. The molecule has 0 saturated heterocycles. The average Bonchev–Trinajstić information content (AvgIpc) is 3.65. The maximum Gasteiger partial charge on any atom is 0.408 e. The molecule has 5 amide bonds. The van der Waals surface area contributed by atoms with E-state index in [0.717, 1.165) is 5.56 Å². The van der Waals surface area contributed by atoms with Gasteiger partial charge in [-0.2, -0.15) is 0 Å². The largest absolute Gasteiger partial charge is 0.479 e. The predicted octanol–water partition coefficient (Wildman–Crippen LogP) is 3.33. The summed E-state index contributed by atoms with van der Waals surface area (Å²) in [5.74, 6) is -4.12. The van der Waals surface area contributed by atoms with Crippen molar-refractivity contribution in [3.05, 3.63) is 90.0 Å². The van der Waals surface area contributed by atoms with Crippen molar-refractivity contribution >= 4 is 35.7 Å². The van der Waals surface area contributed by atoms with Crippen molar-refractivity contribution < 1.29 is 43.7 Å². The number of carbonyl (C=O) groups is 6. The van der Waals surface area contributed by atoms with Gasteiger partial charge in [-0.25, -0.2) is 14.6 Å². The number of carbonyl (C=O) groups excluding carboxylic acids is 5. The van der Waals surface area contributed by atoms with Gasteiger partial charge in [0.1, 0.15) is 23.7 Å². The first-order chi connectivity index (χ1) is 27.3. The zero-order valence-corrected chi connectivity index (χ0v) is 34.3. The molecule has 1 heterocycles. The maximum atomic E-state index is 14.1. The molecule has 58 heavy (non-hydrogen) atoms. The highest BCUT2D eigenvalue weighted by Crippen LogP contribution is 2.17. The zero-order chi connectivity index (χ0) is 43.0. The number of carboxylic acids is 1. The third kappa shape index (κ3) is 16.4. The Bertz CT molecular complexity index is 1780. The van der Waals surface area contributed by atoms with Crippen molar-refractivity contribution in [1.29, 1.82) is 0 Å². The number of aliphatic hydroxyl groups is 1. The third-order valence-electron chi connectivity index (χ3n) is 8.84. The van der Waals surface area contributed by atoms with Gasteiger partial charge in [-0.05, 0) is 56.6 Å². The van der Waals surface area contributed by atoms with Crippen LogP contribution in [0, 0.1) is 11.8 Å². The summed E-state index contributed by atoms with van der Waals surface area (Å²) in [6.45, 7) is 12.5. The second kappa shape index (κ2) is 22.2. The first-order valence-corrected chi connectivity index (χ1v) is 19.5. The highest BCUT2D eigenvalue weighted by Gasteiger charge is 2.34. The van der Waals surface area contributed by atoms with E-state index in [1.165, 1.54) is 12.5 Å². The number of hydrogen-bond donors (Lipinski definition) is 8. The molecule has 16 heteroatoms. The Hall–Kier alpha value is -5.77. The number of aliphatic hydroxyl groups excluding tert-OH is 1. The Kier molecular flexibility index (Phi) is 17.9. The molecule has 0 aliphatic heterocycles. The summed E-state index contributed by atoms with van der Waals surface area (Å²) in [6.07, 6.45) is 0.674. The van der Waals surface area contributed by atoms with Gasteiger partial charge in [0.2, 0.25) is 23.6 Å². The Morgan fingerprint density at radius 3 is 1.84 bits per heavy atom. The minimum atomic E-state index is -1.42. The lowest BCUT2D eigenvalue weighted by Gasteiger charge is -2.29. The van der Waals surface area contributed by atoms with Crippen LogP contribution >= 0.6 is 0 Å². The van der Waals surface area contributed by atoms with Gasteiger partial charge in [0, 0.05) is 24.7 Å². The molecule has 8 N–H and O–H groups in total. The van der Waals surface area contributed by atoms with Crippen LogP contribution in [-0.2, 0) is 41.6 Å². The van der Waals surface area contributed by atoms with Crippen LogP contribution in [0.4, 0.5) is 4.79 Å². The summed E-state index contributed by atoms with van der Waals surface area (Å²) < 4.78 is 5.41. The monoisotopic (exact) mass is 805 g/mol. The number of alkyl carbamates (subject to hydrolysis) is 1. The van der Waals surface area contributed by atoms with Crippen LogP contribution in [0.1, 0.15) is 90.6 Å². The molecule has 16 nitrogen and oxygen atoms in total. The van der Waals surface area contributed by atoms with E-state index in [2.05, 4.69) is 36.6 Å². The zero-order valence-electron chi connectivity index (χ0n) is 34.3. The lowest BCUT2D eigenvalue weighted by molar-refractivity contribution is -0.142. The van der Waals surface area contributed by atoms with Crippen LogP contribution in [-0.4, -0.2) is 91.7 Å². The first kappa shape index (κ1) is 46.6. The van der Waals surface area contributed by atoms with Crippen LogP contribution < -0.4 is 26.6 Å². The van der Waals surface area contributed by atoms with Crippen LogP contribution in [0.3, 0.4) is 0 Å². The summed E-state index contributed by atoms with van der Waals surface area (Å²) in [5, 5.41) is 34.6. The number of aromatic nitrogens is 2. The van der Waals surface area contributed by atoms with Crippen molar-refractivity contribution in [2.24, 2.45) is 11.8 Å². The maximum absolute atomic E-state index is 14.1. The van der Waals surface area contributed by atoms with Crippen LogP contribution in [0.5, 0.6) is 0 Å². The Labute approximate surface area is 339 Å². The van der Waals surface area contributed by atoms with Gasteiger partial charge in [0.05, 0.1) is 24.9 Å². The van der Waals surface area contributed by atoms with E-state index < -0.39 is 84.0 Å². The van der Waals surface area contributed by atoms with Gasteiger partial charge in [-0.3, -0.25) is 19.2 Å². The standard InChI is InChI=1S/C42H59N7O9/c1-25(2)18-30(34(50)22-35(51)45-31(19-26(3)4)39(54)49-36(40(55)56)28-16-12-9-13-17-28)46-38(53)33(21-29-23-43-24-44-29)47-37(52)32(20-27-14-10-8-11-15-27)48-41(57)58-42(5,6)7/h8-17,23-26,30-34,36,50H,18-22H2,1-7H3,(H,43,44)(H,45,51)(H,46,53)(H,47,52)(H,48,57)(H,49,54)(H,55,56)/t30?,31-,32-,33-,34?,36?/m0/s1. The number of rotatable bonds is 21. The van der Waals surface area contributed by atoms with Gasteiger partial charge < -0.3 is 46.5 Å². The second-order valence-electron chi connectivity index (χ2n) is 16.2. The summed E-state index contributed by atoms with van der Waals surface area (Å²) in [5.41, 5.74) is 0.788. The van der Waals surface area contributed by atoms with Gasteiger partial charge in [0.25, 0.3) is 0 Å². The molecule has 0 bridgehead atoms. The smallest absolute Gasteiger partial charge is 0.408 e. The normalized spacial score (nSPS) is 14.6. The van der Waals surface area contributed by atoms with Gasteiger partial charge in [-0.15, -0.1) is 0 Å². The van der Waals surface area contributed by atoms with E-state index in [4.69, 9.17) is 4.74 Å². The highest BCUT2D eigenvalue weighted by molar-refractivity contribution is 5.92. The van der Waals surface area contributed by atoms with Crippen molar-refractivity contribution in [2.45, 2.75) is 122 Å². The lowest BCUT2D eigenvalue weighted by Crippen LogP contribution is -2.58. The fraction of sp³-hybridized carbons (Fsp3) is 0.500. The van der Waals surface area contributed by atoms with E-state index in [0.29, 0.717) is 11.3 Å². The fourth-order valence-corrected chi connectivity index (χ4v) is 6.17. The van der Waals surface area contributed by atoms with E-state index in [9.17, 15) is 39.0 Å². The fourth-order valence-electron chi connectivity index (χ4n) is 6.17. The number of amides is 5. The summed E-state index contributed by atoms with van der Waals surface area (Å²) in [7, 11) is 0. The molecule has 1 aromatic heterocycles. The molecular formula is C42H59N7O9. The minimum absolute atomic E-state index is 0.0284. The number of imidazole rings is 1.